The van der Waals surface area contributed by atoms with Gasteiger partial charge in [-0.2, -0.15) is 0 Å². The molecular weight excluding hydrogens is 288 g/mol. The van der Waals surface area contributed by atoms with Crippen LogP contribution in [0.3, 0.4) is 0 Å². The Hall–Kier alpha value is -1.09. The Morgan fingerprint density at radius 3 is 2.14 bits per heavy atom. The first-order chi connectivity index (χ1) is 10.6. The zero-order chi connectivity index (χ0) is 16.4. The first kappa shape index (κ1) is 19.0. The van der Waals surface area contributed by atoms with Gasteiger partial charge in [0.25, 0.3) is 0 Å². The first-order valence-corrected chi connectivity index (χ1v) is 9.12. The summed E-state index contributed by atoms with van der Waals surface area (Å²) >= 11 is 5.67. The molecule has 0 amide bonds. The number of hydrogen-bond donors (Lipinski definition) is 1. The number of anilines is 1. The Morgan fingerprint density at radius 2 is 1.59 bits per heavy atom. The van der Waals surface area contributed by atoms with E-state index in [1.165, 1.54) is 49.7 Å². The van der Waals surface area contributed by atoms with Crippen molar-refractivity contribution in [3.05, 3.63) is 29.3 Å². The Balaban J connectivity index is 2.66. The second kappa shape index (κ2) is 10.6. The minimum atomic E-state index is 0.876. The number of aryl methyl sites for hydroxylation is 2. The largest absolute Gasteiger partial charge is 0.349 e. The van der Waals surface area contributed by atoms with Crippen molar-refractivity contribution in [3.8, 4) is 0 Å². The van der Waals surface area contributed by atoms with Crippen LogP contribution in [0.1, 0.15) is 63.5 Å². The molecule has 3 heteroatoms. The van der Waals surface area contributed by atoms with Gasteiger partial charge in [-0.3, -0.25) is 0 Å². The maximum atomic E-state index is 5.67. The second-order valence-electron chi connectivity index (χ2n) is 6.15. The summed E-state index contributed by atoms with van der Waals surface area (Å²) in [6.45, 7) is 10.9. The van der Waals surface area contributed by atoms with E-state index in [9.17, 15) is 0 Å². The van der Waals surface area contributed by atoms with Gasteiger partial charge in [-0.15, -0.1) is 0 Å². The molecule has 0 saturated carbocycles. The monoisotopic (exact) mass is 320 g/mol. The maximum Gasteiger partial charge on any atom is 0.173 e. The molecule has 0 aliphatic carbocycles. The van der Waals surface area contributed by atoms with Crippen LogP contribution in [0, 0.1) is 13.8 Å². The number of nitrogens with one attached hydrogen (secondary N) is 1. The highest BCUT2D eigenvalue weighted by atomic mass is 32.1. The predicted octanol–water partition coefficient (Wildman–Crippen LogP) is 5.68. The highest BCUT2D eigenvalue weighted by Gasteiger charge is 2.10. The van der Waals surface area contributed by atoms with Crippen molar-refractivity contribution >= 4 is 23.0 Å². The molecule has 22 heavy (non-hydrogen) atoms. The van der Waals surface area contributed by atoms with E-state index < -0.39 is 0 Å². The highest BCUT2D eigenvalue weighted by Crippen LogP contribution is 2.17. The van der Waals surface area contributed by atoms with Crippen molar-refractivity contribution in [2.75, 3.05) is 18.4 Å². The third-order valence-electron chi connectivity index (χ3n) is 3.99. The molecule has 0 radical (unpaired) electrons. The number of thiocarbonyl (C=S) groups is 1. The van der Waals surface area contributed by atoms with Crippen LogP contribution >= 0.6 is 12.2 Å². The summed E-state index contributed by atoms with van der Waals surface area (Å²) in [6, 6.07) is 6.47. The fourth-order valence-electron chi connectivity index (χ4n) is 2.48. The highest BCUT2D eigenvalue weighted by molar-refractivity contribution is 7.80. The number of hydrogen-bond acceptors (Lipinski definition) is 1. The van der Waals surface area contributed by atoms with Crippen LogP contribution in [-0.2, 0) is 0 Å². The Bertz CT molecular complexity index is 447. The van der Waals surface area contributed by atoms with E-state index in [0.717, 1.165) is 23.9 Å². The Kier molecular flexibility index (Phi) is 9.14. The lowest BCUT2D eigenvalue weighted by Crippen LogP contribution is -2.36. The molecule has 0 aromatic heterocycles. The average molecular weight is 321 g/mol. The van der Waals surface area contributed by atoms with Crippen molar-refractivity contribution in [3.63, 3.8) is 0 Å². The second-order valence-corrected chi connectivity index (χ2v) is 6.54. The molecule has 0 aliphatic rings. The molecule has 1 rings (SSSR count). The molecule has 0 atom stereocenters. The summed E-state index contributed by atoms with van der Waals surface area (Å²) < 4.78 is 0. The van der Waals surface area contributed by atoms with Gasteiger partial charge in [0.1, 0.15) is 0 Å². The Morgan fingerprint density at radius 1 is 1.00 bits per heavy atom. The number of benzene rings is 1. The first-order valence-electron chi connectivity index (χ1n) is 8.71. The standard InChI is InChI=1S/C19H32N2S/c1-5-7-9-13-21(14-10-8-6-2)19(22)20-18-15-16(3)11-12-17(18)4/h11-12,15H,5-10,13-14H2,1-4H3,(H,20,22). The molecule has 1 aromatic carbocycles. The van der Waals surface area contributed by atoms with E-state index in [2.05, 4.69) is 56.1 Å². The van der Waals surface area contributed by atoms with Crippen LogP contribution in [0.25, 0.3) is 0 Å². The summed E-state index contributed by atoms with van der Waals surface area (Å²) in [7, 11) is 0. The molecule has 0 heterocycles. The molecule has 1 aromatic rings. The molecule has 0 aliphatic heterocycles. The fourth-order valence-corrected chi connectivity index (χ4v) is 2.78. The molecule has 1 N–H and O–H groups in total. The molecule has 0 saturated heterocycles. The fraction of sp³-hybridized carbons (Fsp3) is 0.632. The average Bonchev–Trinajstić information content (AvgIpc) is 2.49. The summed E-state index contributed by atoms with van der Waals surface area (Å²) in [6.07, 6.45) is 7.49. The predicted molar refractivity (Wildman–Crippen MR) is 103 cm³/mol. The van der Waals surface area contributed by atoms with Gasteiger partial charge in [0, 0.05) is 18.8 Å². The normalized spacial score (nSPS) is 10.5. The summed E-state index contributed by atoms with van der Waals surface area (Å²) in [5.41, 5.74) is 3.65. The van der Waals surface area contributed by atoms with E-state index in [0.29, 0.717) is 0 Å². The molecule has 0 unspecified atom stereocenters. The van der Waals surface area contributed by atoms with Crippen molar-refractivity contribution in [2.45, 2.75) is 66.2 Å². The zero-order valence-electron chi connectivity index (χ0n) is 14.7. The van der Waals surface area contributed by atoms with E-state index in [4.69, 9.17) is 12.2 Å². The lowest BCUT2D eigenvalue weighted by molar-refractivity contribution is 0.395. The lowest BCUT2D eigenvalue weighted by atomic mass is 10.1. The third-order valence-corrected chi connectivity index (χ3v) is 4.35. The van der Waals surface area contributed by atoms with Gasteiger partial charge in [0.05, 0.1) is 0 Å². The van der Waals surface area contributed by atoms with Gasteiger partial charge in [0.2, 0.25) is 0 Å². The van der Waals surface area contributed by atoms with E-state index in [1.54, 1.807) is 0 Å². The van der Waals surface area contributed by atoms with Gasteiger partial charge >= 0.3 is 0 Å². The van der Waals surface area contributed by atoms with Crippen molar-refractivity contribution in [1.29, 1.82) is 0 Å². The van der Waals surface area contributed by atoms with Gasteiger partial charge in [-0.25, -0.2) is 0 Å². The van der Waals surface area contributed by atoms with Crippen LogP contribution in [0.2, 0.25) is 0 Å². The topological polar surface area (TPSA) is 15.3 Å². The van der Waals surface area contributed by atoms with Gasteiger partial charge in [0.15, 0.2) is 5.11 Å². The SMILES string of the molecule is CCCCCN(CCCCC)C(=S)Nc1cc(C)ccc1C. The quantitative estimate of drug-likeness (QED) is 0.465. The molecule has 0 spiro atoms. The summed E-state index contributed by atoms with van der Waals surface area (Å²) in [5, 5.41) is 4.34. The van der Waals surface area contributed by atoms with E-state index >= 15 is 0 Å². The Labute approximate surface area is 142 Å². The van der Waals surface area contributed by atoms with Gasteiger partial charge in [-0.05, 0) is 56.1 Å². The smallest absolute Gasteiger partial charge is 0.173 e. The third kappa shape index (κ3) is 6.78. The van der Waals surface area contributed by atoms with Crippen LogP contribution in [0.15, 0.2) is 18.2 Å². The molecule has 0 fully saturated rings. The maximum absolute atomic E-state index is 5.67. The molecule has 0 bridgehead atoms. The zero-order valence-corrected chi connectivity index (χ0v) is 15.6. The van der Waals surface area contributed by atoms with Crippen LogP contribution in [0.4, 0.5) is 5.69 Å². The van der Waals surface area contributed by atoms with Gasteiger partial charge < -0.3 is 10.2 Å². The van der Waals surface area contributed by atoms with E-state index in [1.807, 2.05) is 0 Å². The minimum Gasteiger partial charge on any atom is -0.349 e. The van der Waals surface area contributed by atoms with Crippen LogP contribution < -0.4 is 5.32 Å². The molecule has 124 valence electrons. The molecule has 2 nitrogen and oxygen atoms in total. The summed E-state index contributed by atoms with van der Waals surface area (Å²) in [4.78, 5) is 2.35. The van der Waals surface area contributed by atoms with Crippen molar-refractivity contribution in [1.82, 2.24) is 4.90 Å². The molecular formula is C19H32N2S. The minimum absolute atomic E-state index is 0.876. The van der Waals surface area contributed by atoms with Crippen LogP contribution in [0.5, 0.6) is 0 Å². The number of nitrogens with zero attached hydrogens (tertiary/aromatic N) is 1. The number of unbranched alkanes of at least 4 members (excludes halogenated alkanes) is 4. The lowest BCUT2D eigenvalue weighted by Gasteiger charge is -2.26. The van der Waals surface area contributed by atoms with Crippen molar-refractivity contribution < 1.29 is 0 Å². The summed E-state index contributed by atoms with van der Waals surface area (Å²) in [5.74, 6) is 0. The van der Waals surface area contributed by atoms with Gasteiger partial charge in [-0.1, -0.05) is 51.7 Å². The van der Waals surface area contributed by atoms with Crippen molar-refractivity contribution in [2.24, 2.45) is 0 Å². The van der Waals surface area contributed by atoms with Crippen LogP contribution in [-0.4, -0.2) is 23.1 Å². The van der Waals surface area contributed by atoms with E-state index in [-0.39, 0.29) is 0 Å². The number of rotatable bonds is 9.